The Morgan fingerprint density at radius 3 is 2.83 bits per heavy atom. The molecule has 0 radical (unpaired) electrons. The first-order valence-corrected chi connectivity index (χ1v) is 10.2. The van der Waals surface area contributed by atoms with Gasteiger partial charge in [-0.25, -0.2) is 9.97 Å². The zero-order chi connectivity index (χ0) is 20.2. The number of anilines is 1. The molecular formula is C21H21N5O2S. The molecule has 2 aromatic heterocycles. The smallest absolute Gasteiger partial charge is 0.138 e. The average Bonchev–Trinajstić information content (AvgIpc) is 3.23. The Bertz CT molecular complexity index is 1050. The van der Waals surface area contributed by atoms with Crippen LogP contribution in [0.1, 0.15) is 16.1 Å². The van der Waals surface area contributed by atoms with E-state index in [0.717, 1.165) is 40.0 Å². The molecule has 2 N–H and O–H groups in total. The van der Waals surface area contributed by atoms with Gasteiger partial charge in [0.05, 0.1) is 30.4 Å². The van der Waals surface area contributed by atoms with Crippen LogP contribution >= 0.6 is 11.3 Å². The van der Waals surface area contributed by atoms with Crippen LogP contribution in [0.15, 0.2) is 36.5 Å². The second-order valence-electron chi connectivity index (χ2n) is 6.66. The standard InChI is InChI=1S/C21H21N5O2S/c1-14-8-16(10-20(25-14)26-4-6-27-7-5-26)28-19-9-15(11-22)2-3-18(19)21-24-13-17(12-23)29-21/h2-3,8-10,13H,4-7,12,23H2,1H3. The highest BCUT2D eigenvalue weighted by molar-refractivity contribution is 7.15. The molecule has 4 rings (SSSR count). The predicted octanol–water partition coefficient (Wildman–Crippen LogP) is 3.47. The third-order valence-electron chi connectivity index (χ3n) is 4.57. The Morgan fingerprint density at radius 1 is 1.28 bits per heavy atom. The average molecular weight is 407 g/mol. The molecule has 0 aliphatic carbocycles. The molecule has 1 aliphatic rings. The number of aromatic nitrogens is 2. The molecule has 1 fully saturated rings. The molecule has 0 saturated carbocycles. The summed E-state index contributed by atoms with van der Waals surface area (Å²) in [5, 5.41) is 10.1. The van der Waals surface area contributed by atoms with Gasteiger partial charge in [-0.3, -0.25) is 0 Å². The Kier molecular flexibility index (Phi) is 5.71. The van der Waals surface area contributed by atoms with Crippen molar-refractivity contribution in [3.63, 3.8) is 0 Å². The van der Waals surface area contributed by atoms with E-state index in [1.165, 1.54) is 11.3 Å². The van der Waals surface area contributed by atoms with E-state index in [0.29, 0.717) is 36.8 Å². The number of nitrogens with zero attached hydrogens (tertiary/aromatic N) is 4. The fourth-order valence-electron chi connectivity index (χ4n) is 3.14. The second-order valence-corrected chi connectivity index (χ2v) is 7.78. The molecule has 0 unspecified atom stereocenters. The van der Waals surface area contributed by atoms with Gasteiger partial charge in [-0.1, -0.05) is 0 Å². The van der Waals surface area contributed by atoms with Crippen LogP contribution in [-0.4, -0.2) is 36.3 Å². The highest BCUT2D eigenvalue weighted by atomic mass is 32.1. The molecule has 148 valence electrons. The molecule has 1 aliphatic heterocycles. The van der Waals surface area contributed by atoms with Crippen LogP contribution < -0.4 is 15.4 Å². The molecule has 0 amide bonds. The van der Waals surface area contributed by atoms with E-state index in [-0.39, 0.29) is 0 Å². The van der Waals surface area contributed by atoms with Crippen molar-refractivity contribution in [2.75, 3.05) is 31.2 Å². The number of nitriles is 1. The maximum absolute atomic E-state index is 9.33. The lowest BCUT2D eigenvalue weighted by atomic mass is 10.1. The summed E-state index contributed by atoms with van der Waals surface area (Å²) in [6.07, 6.45) is 1.77. The van der Waals surface area contributed by atoms with E-state index >= 15 is 0 Å². The Hall–Kier alpha value is -2.99. The summed E-state index contributed by atoms with van der Waals surface area (Å²) in [4.78, 5) is 12.3. The number of rotatable bonds is 5. The fourth-order valence-corrected chi connectivity index (χ4v) is 3.96. The van der Waals surface area contributed by atoms with E-state index in [1.54, 1.807) is 18.3 Å². The molecule has 3 heterocycles. The maximum atomic E-state index is 9.33. The van der Waals surface area contributed by atoms with Crippen molar-refractivity contribution in [1.82, 2.24) is 9.97 Å². The van der Waals surface area contributed by atoms with Gasteiger partial charge in [-0.15, -0.1) is 11.3 Å². The lowest BCUT2D eigenvalue weighted by Crippen LogP contribution is -2.36. The number of hydrogen-bond donors (Lipinski definition) is 1. The number of morpholine rings is 1. The molecule has 0 atom stereocenters. The number of ether oxygens (including phenoxy) is 2. The van der Waals surface area contributed by atoms with Crippen molar-refractivity contribution < 1.29 is 9.47 Å². The van der Waals surface area contributed by atoms with Crippen LogP contribution in [0.2, 0.25) is 0 Å². The van der Waals surface area contributed by atoms with Crippen molar-refractivity contribution in [2.45, 2.75) is 13.5 Å². The molecular weight excluding hydrogens is 386 g/mol. The van der Waals surface area contributed by atoms with Gasteiger partial charge < -0.3 is 20.1 Å². The van der Waals surface area contributed by atoms with E-state index in [9.17, 15) is 5.26 Å². The topological polar surface area (TPSA) is 97.3 Å². The lowest BCUT2D eigenvalue weighted by molar-refractivity contribution is 0.122. The summed E-state index contributed by atoms with van der Waals surface area (Å²) in [6.45, 7) is 5.36. The van der Waals surface area contributed by atoms with Gasteiger partial charge >= 0.3 is 0 Å². The van der Waals surface area contributed by atoms with Crippen molar-refractivity contribution >= 4 is 17.2 Å². The van der Waals surface area contributed by atoms with Crippen LogP contribution in [-0.2, 0) is 11.3 Å². The van der Waals surface area contributed by atoms with Crippen LogP contribution in [0, 0.1) is 18.3 Å². The summed E-state index contributed by atoms with van der Waals surface area (Å²) in [5.74, 6) is 2.12. The van der Waals surface area contributed by atoms with Gasteiger partial charge in [0.25, 0.3) is 0 Å². The van der Waals surface area contributed by atoms with Crippen molar-refractivity contribution in [3.05, 3.63) is 52.7 Å². The second kappa shape index (κ2) is 8.57. The molecule has 3 aromatic rings. The summed E-state index contributed by atoms with van der Waals surface area (Å²) in [5.41, 5.74) is 7.95. The van der Waals surface area contributed by atoms with Crippen LogP contribution in [0.25, 0.3) is 10.6 Å². The minimum atomic E-state index is 0.441. The third kappa shape index (κ3) is 4.38. The Labute approximate surface area is 173 Å². The van der Waals surface area contributed by atoms with Crippen molar-refractivity contribution in [3.8, 4) is 28.1 Å². The number of hydrogen-bond acceptors (Lipinski definition) is 8. The molecule has 1 aromatic carbocycles. The first-order valence-electron chi connectivity index (χ1n) is 9.35. The normalized spacial score (nSPS) is 13.9. The largest absolute Gasteiger partial charge is 0.456 e. The van der Waals surface area contributed by atoms with Gasteiger partial charge in [0.15, 0.2) is 0 Å². The highest BCUT2D eigenvalue weighted by Crippen LogP contribution is 2.37. The zero-order valence-electron chi connectivity index (χ0n) is 16.1. The number of aryl methyl sites for hydroxylation is 1. The van der Waals surface area contributed by atoms with Gasteiger partial charge in [-0.05, 0) is 25.1 Å². The number of thiazole rings is 1. The molecule has 7 nitrogen and oxygen atoms in total. The van der Waals surface area contributed by atoms with Crippen LogP contribution in [0.5, 0.6) is 11.5 Å². The fraction of sp³-hybridized carbons (Fsp3) is 0.286. The number of pyridine rings is 1. The maximum Gasteiger partial charge on any atom is 0.138 e. The summed E-state index contributed by atoms with van der Waals surface area (Å²) >= 11 is 1.52. The first kappa shape index (κ1) is 19.3. The minimum absolute atomic E-state index is 0.441. The molecule has 29 heavy (non-hydrogen) atoms. The molecule has 0 bridgehead atoms. The monoisotopic (exact) mass is 407 g/mol. The highest BCUT2D eigenvalue weighted by Gasteiger charge is 2.16. The predicted molar refractivity (Wildman–Crippen MR) is 112 cm³/mol. The summed E-state index contributed by atoms with van der Waals surface area (Å²) in [6, 6.07) is 11.4. The van der Waals surface area contributed by atoms with Gasteiger partial charge in [0, 0.05) is 48.5 Å². The summed E-state index contributed by atoms with van der Waals surface area (Å²) < 4.78 is 11.7. The van der Waals surface area contributed by atoms with Gasteiger partial charge in [0.1, 0.15) is 22.3 Å². The Morgan fingerprint density at radius 2 is 2.10 bits per heavy atom. The molecule has 0 spiro atoms. The number of benzene rings is 1. The molecule has 1 saturated heterocycles. The summed E-state index contributed by atoms with van der Waals surface area (Å²) in [7, 11) is 0. The number of nitrogens with two attached hydrogens (primary N) is 1. The van der Waals surface area contributed by atoms with E-state index in [4.69, 9.17) is 15.2 Å². The van der Waals surface area contributed by atoms with Gasteiger partial charge in [-0.2, -0.15) is 5.26 Å². The van der Waals surface area contributed by atoms with Crippen LogP contribution in [0.3, 0.4) is 0 Å². The van der Waals surface area contributed by atoms with E-state index in [2.05, 4.69) is 20.9 Å². The van der Waals surface area contributed by atoms with Crippen LogP contribution in [0.4, 0.5) is 5.82 Å². The van der Waals surface area contributed by atoms with E-state index < -0.39 is 0 Å². The third-order valence-corrected chi connectivity index (χ3v) is 5.63. The van der Waals surface area contributed by atoms with Crippen molar-refractivity contribution in [2.24, 2.45) is 5.73 Å². The zero-order valence-corrected chi connectivity index (χ0v) is 16.9. The van der Waals surface area contributed by atoms with Crippen molar-refractivity contribution in [1.29, 1.82) is 5.26 Å². The SMILES string of the molecule is Cc1cc(Oc2cc(C#N)ccc2-c2ncc(CN)s2)cc(N2CCOCC2)n1. The van der Waals surface area contributed by atoms with E-state index in [1.807, 2.05) is 25.1 Å². The first-order chi connectivity index (χ1) is 14.2. The minimum Gasteiger partial charge on any atom is -0.456 e. The molecule has 8 heteroatoms. The quantitative estimate of drug-likeness (QED) is 0.691. The Balaban J connectivity index is 1.70. The lowest BCUT2D eigenvalue weighted by Gasteiger charge is -2.28. The van der Waals surface area contributed by atoms with Gasteiger partial charge in [0.2, 0.25) is 0 Å².